The number of nitrogens with zero attached hydrogens (tertiary/aromatic N) is 2. The third kappa shape index (κ3) is 4.23. The third-order valence-corrected chi connectivity index (χ3v) is 3.70. The van der Waals surface area contributed by atoms with Gasteiger partial charge in [0.05, 0.1) is 12.3 Å². The van der Waals surface area contributed by atoms with Crippen LogP contribution >= 0.6 is 0 Å². The lowest BCUT2D eigenvalue weighted by Gasteiger charge is -2.11. The Hall–Kier alpha value is -3.15. The molecule has 2 N–H and O–H groups in total. The number of ether oxygens (including phenoxy) is 1. The molecule has 0 spiro atoms. The van der Waals surface area contributed by atoms with Gasteiger partial charge in [-0.1, -0.05) is 42.0 Å². The van der Waals surface area contributed by atoms with E-state index in [1.807, 2.05) is 62.4 Å². The molecule has 0 saturated carbocycles. The number of hydrogen-bond donors (Lipinski definition) is 2. The van der Waals surface area contributed by atoms with E-state index in [1.54, 1.807) is 0 Å². The number of hydrogen-bond acceptors (Lipinski definition) is 5. The van der Waals surface area contributed by atoms with E-state index in [-0.39, 0.29) is 11.5 Å². The zero-order valence-corrected chi connectivity index (χ0v) is 14.2. The van der Waals surface area contributed by atoms with Gasteiger partial charge in [0.2, 0.25) is 5.95 Å². The summed E-state index contributed by atoms with van der Waals surface area (Å²) in [7, 11) is 0. The molecule has 25 heavy (non-hydrogen) atoms. The minimum absolute atomic E-state index is 0.257. The van der Waals surface area contributed by atoms with Crippen LogP contribution in [0.4, 0.5) is 11.6 Å². The molecule has 0 bridgehead atoms. The average Bonchev–Trinajstić information content (AvgIpc) is 2.61. The second-order valence-electron chi connectivity index (χ2n) is 5.67. The Balaban J connectivity index is 1.78. The average molecular weight is 336 g/mol. The molecule has 0 aliphatic rings. The number of aromatic nitrogens is 3. The summed E-state index contributed by atoms with van der Waals surface area (Å²) in [5, 5.41) is 11.2. The first kappa shape index (κ1) is 16.7. The van der Waals surface area contributed by atoms with Gasteiger partial charge in [-0.15, -0.1) is 10.2 Å². The zero-order valence-electron chi connectivity index (χ0n) is 14.2. The standard InChI is InChI=1S/C19H20N4O2/c1-3-25-17-7-5-4-6-15(17)20-19-21-18(24)16(22-23-19)12-14-10-8-13(2)9-11-14/h4-11H,3,12H2,1-2H3,(H2,20,21,23,24). The summed E-state index contributed by atoms with van der Waals surface area (Å²) in [6, 6.07) is 15.5. The fourth-order valence-electron chi connectivity index (χ4n) is 2.41. The van der Waals surface area contributed by atoms with Crippen molar-refractivity contribution in [3.63, 3.8) is 0 Å². The third-order valence-electron chi connectivity index (χ3n) is 3.70. The van der Waals surface area contributed by atoms with Crippen LogP contribution in [0.5, 0.6) is 5.75 Å². The molecule has 0 aliphatic carbocycles. The first-order valence-corrected chi connectivity index (χ1v) is 8.16. The number of para-hydroxylation sites is 2. The molecule has 6 nitrogen and oxygen atoms in total. The maximum absolute atomic E-state index is 12.3. The highest BCUT2D eigenvalue weighted by Gasteiger charge is 2.08. The molecule has 0 radical (unpaired) electrons. The molecule has 0 aliphatic heterocycles. The minimum atomic E-state index is -0.257. The van der Waals surface area contributed by atoms with Crippen molar-refractivity contribution in [2.24, 2.45) is 0 Å². The van der Waals surface area contributed by atoms with Crippen LogP contribution in [-0.4, -0.2) is 21.8 Å². The van der Waals surface area contributed by atoms with Crippen LogP contribution in [0.2, 0.25) is 0 Å². The maximum Gasteiger partial charge on any atom is 0.274 e. The van der Waals surface area contributed by atoms with Crippen molar-refractivity contribution < 1.29 is 4.74 Å². The van der Waals surface area contributed by atoms with Gasteiger partial charge in [-0.3, -0.25) is 9.78 Å². The van der Waals surface area contributed by atoms with Gasteiger partial charge in [0, 0.05) is 6.42 Å². The number of rotatable bonds is 6. The maximum atomic E-state index is 12.3. The predicted octanol–water partition coefficient (Wildman–Crippen LogP) is 3.21. The smallest absolute Gasteiger partial charge is 0.274 e. The van der Waals surface area contributed by atoms with Crippen molar-refractivity contribution in [1.82, 2.24) is 15.2 Å². The van der Waals surface area contributed by atoms with Crippen molar-refractivity contribution in [1.29, 1.82) is 0 Å². The summed E-state index contributed by atoms with van der Waals surface area (Å²) < 4.78 is 5.55. The molecule has 0 unspecified atom stereocenters. The summed E-state index contributed by atoms with van der Waals surface area (Å²) in [6.07, 6.45) is 0.443. The predicted molar refractivity (Wildman–Crippen MR) is 97.5 cm³/mol. The molecule has 3 aromatic rings. The zero-order chi connectivity index (χ0) is 17.6. The summed E-state index contributed by atoms with van der Waals surface area (Å²) >= 11 is 0. The minimum Gasteiger partial charge on any atom is -0.492 e. The number of anilines is 2. The quantitative estimate of drug-likeness (QED) is 0.722. The number of H-pyrrole nitrogens is 1. The van der Waals surface area contributed by atoms with Crippen molar-refractivity contribution in [2.45, 2.75) is 20.3 Å². The summed E-state index contributed by atoms with van der Waals surface area (Å²) in [6.45, 7) is 4.49. The van der Waals surface area contributed by atoms with Gasteiger partial charge in [0.15, 0.2) is 0 Å². The molecule has 128 valence electrons. The van der Waals surface area contributed by atoms with E-state index in [0.29, 0.717) is 24.5 Å². The highest BCUT2D eigenvalue weighted by molar-refractivity contribution is 5.62. The van der Waals surface area contributed by atoms with Gasteiger partial charge in [-0.2, -0.15) is 0 Å². The molecule has 1 heterocycles. The fraction of sp³-hybridized carbons (Fsp3) is 0.211. The van der Waals surface area contributed by atoms with E-state index >= 15 is 0 Å². The first-order chi connectivity index (χ1) is 12.2. The highest BCUT2D eigenvalue weighted by atomic mass is 16.5. The second kappa shape index (κ2) is 7.61. The van der Waals surface area contributed by atoms with E-state index in [9.17, 15) is 4.79 Å². The Bertz CT molecular complexity index is 904. The van der Waals surface area contributed by atoms with Gasteiger partial charge in [-0.25, -0.2) is 0 Å². The van der Waals surface area contributed by atoms with Crippen LogP contribution in [0.3, 0.4) is 0 Å². The molecule has 0 fully saturated rings. The summed E-state index contributed by atoms with van der Waals surface area (Å²) in [4.78, 5) is 15.0. The highest BCUT2D eigenvalue weighted by Crippen LogP contribution is 2.25. The van der Waals surface area contributed by atoms with Crippen molar-refractivity contribution >= 4 is 11.6 Å². The largest absolute Gasteiger partial charge is 0.492 e. The Labute approximate surface area is 145 Å². The summed E-state index contributed by atoms with van der Waals surface area (Å²) in [5.74, 6) is 0.973. The molecular weight excluding hydrogens is 316 g/mol. The van der Waals surface area contributed by atoms with Gasteiger partial charge in [0.1, 0.15) is 11.4 Å². The van der Waals surface area contributed by atoms with E-state index in [1.165, 1.54) is 5.56 Å². The normalized spacial score (nSPS) is 10.5. The van der Waals surface area contributed by atoms with Crippen LogP contribution in [0.15, 0.2) is 53.3 Å². The van der Waals surface area contributed by atoms with Crippen LogP contribution < -0.4 is 15.6 Å². The summed E-state index contributed by atoms with van der Waals surface area (Å²) in [5.41, 5.74) is 3.05. The Morgan fingerprint density at radius 1 is 1.08 bits per heavy atom. The topological polar surface area (TPSA) is 79.9 Å². The SMILES string of the molecule is CCOc1ccccc1Nc1nnc(Cc2ccc(C)cc2)c(=O)[nH]1. The number of aryl methyl sites for hydroxylation is 1. The molecule has 0 amide bonds. The van der Waals surface area contributed by atoms with Crippen molar-refractivity contribution in [3.05, 3.63) is 75.7 Å². The van der Waals surface area contributed by atoms with Gasteiger partial charge in [0.25, 0.3) is 5.56 Å². The van der Waals surface area contributed by atoms with E-state index in [0.717, 1.165) is 11.3 Å². The monoisotopic (exact) mass is 336 g/mol. The van der Waals surface area contributed by atoms with Crippen molar-refractivity contribution in [2.75, 3.05) is 11.9 Å². The first-order valence-electron chi connectivity index (χ1n) is 8.16. The molecule has 0 atom stereocenters. The number of nitrogens with one attached hydrogen (secondary N) is 2. The molecule has 0 saturated heterocycles. The molecule has 1 aromatic heterocycles. The van der Waals surface area contributed by atoms with E-state index < -0.39 is 0 Å². The Morgan fingerprint density at radius 2 is 1.84 bits per heavy atom. The van der Waals surface area contributed by atoms with Crippen LogP contribution in [0, 0.1) is 6.92 Å². The van der Waals surface area contributed by atoms with Gasteiger partial charge < -0.3 is 10.1 Å². The van der Waals surface area contributed by atoms with E-state index in [2.05, 4.69) is 20.5 Å². The second-order valence-corrected chi connectivity index (χ2v) is 5.67. The fourth-order valence-corrected chi connectivity index (χ4v) is 2.41. The molecule has 6 heteroatoms. The van der Waals surface area contributed by atoms with Crippen LogP contribution in [0.25, 0.3) is 0 Å². The molecular formula is C19H20N4O2. The number of benzene rings is 2. The van der Waals surface area contributed by atoms with Crippen LogP contribution in [-0.2, 0) is 6.42 Å². The van der Waals surface area contributed by atoms with E-state index in [4.69, 9.17) is 4.74 Å². The Kier molecular flexibility index (Phi) is 5.09. The lowest BCUT2D eigenvalue weighted by Crippen LogP contribution is -2.19. The lowest BCUT2D eigenvalue weighted by molar-refractivity contribution is 0.342. The van der Waals surface area contributed by atoms with Crippen molar-refractivity contribution in [3.8, 4) is 5.75 Å². The van der Waals surface area contributed by atoms with Gasteiger partial charge >= 0.3 is 0 Å². The van der Waals surface area contributed by atoms with Crippen LogP contribution in [0.1, 0.15) is 23.7 Å². The molecule has 3 rings (SSSR count). The molecule has 2 aromatic carbocycles. The Morgan fingerprint density at radius 3 is 2.56 bits per heavy atom. The lowest BCUT2D eigenvalue weighted by atomic mass is 10.1. The van der Waals surface area contributed by atoms with Gasteiger partial charge in [-0.05, 0) is 31.5 Å². The number of aromatic amines is 1.